The number of rotatable bonds is 6. The molecule has 0 aliphatic heterocycles. The van der Waals surface area contributed by atoms with Gasteiger partial charge in [0.1, 0.15) is 15.6 Å². The average Bonchev–Trinajstić information content (AvgIpc) is 3.10. The van der Waals surface area contributed by atoms with E-state index < -0.39 is 18.0 Å². The van der Waals surface area contributed by atoms with Crippen LogP contribution in [0.5, 0.6) is 5.75 Å². The molecular weight excluding hydrogens is 378 g/mol. The molecule has 0 aliphatic rings. The zero-order chi connectivity index (χ0) is 20.1. The van der Waals surface area contributed by atoms with E-state index in [2.05, 4.69) is 15.3 Å². The Morgan fingerprint density at radius 1 is 1.14 bits per heavy atom. The number of methoxy groups -OCH3 is 1. The predicted octanol–water partition coefficient (Wildman–Crippen LogP) is 3.71. The van der Waals surface area contributed by atoms with Crippen molar-refractivity contribution in [1.82, 2.24) is 9.97 Å². The van der Waals surface area contributed by atoms with Gasteiger partial charge >= 0.3 is 5.97 Å². The molecule has 3 aromatic rings. The number of carbonyl (C=O) groups is 2. The lowest BCUT2D eigenvalue weighted by molar-refractivity contribution is -0.123. The largest absolute Gasteiger partial charge is 0.495 e. The van der Waals surface area contributed by atoms with Gasteiger partial charge in [0, 0.05) is 6.20 Å². The highest BCUT2D eigenvalue weighted by molar-refractivity contribution is 7.17. The molecule has 0 bridgehead atoms. The van der Waals surface area contributed by atoms with Crippen LogP contribution in [0.2, 0.25) is 0 Å². The van der Waals surface area contributed by atoms with Crippen LogP contribution in [-0.4, -0.2) is 35.1 Å². The highest BCUT2D eigenvalue weighted by Gasteiger charge is 2.24. The van der Waals surface area contributed by atoms with Crippen molar-refractivity contribution >= 4 is 28.9 Å². The highest BCUT2D eigenvalue weighted by atomic mass is 32.1. The molecule has 7 nitrogen and oxygen atoms in total. The van der Waals surface area contributed by atoms with Crippen molar-refractivity contribution in [3.63, 3.8) is 0 Å². The molecule has 0 aliphatic carbocycles. The first-order valence-corrected chi connectivity index (χ1v) is 9.35. The minimum absolute atomic E-state index is 0.345. The number of aryl methyl sites for hydroxylation is 1. The van der Waals surface area contributed by atoms with E-state index in [1.807, 2.05) is 12.1 Å². The van der Waals surface area contributed by atoms with Gasteiger partial charge in [-0.25, -0.2) is 9.78 Å². The molecule has 0 unspecified atom stereocenters. The van der Waals surface area contributed by atoms with Crippen LogP contribution in [0.1, 0.15) is 22.3 Å². The standard InChI is InChI=1S/C20H19N3O4S/c1-12-17(28-19(22-12)15-9-6-7-11-21-15)20(25)27-13(2)18(24)23-14-8-4-5-10-16(14)26-3/h4-11,13H,1-3H3,(H,23,24)/t13-/m0/s1. The molecule has 2 heterocycles. The third kappa shape index (κ3) is 4.34. The first kappa shape index (κ1) is 19.5. The molecule has 1 amide bonds. The molecule has 1 atom stereocenters. The Hall–Kier alpha value is -3.26. The SMILES string of the molecule is COc1ccccc1NC(=O)[C@H](C)OC(=O)c1sc(-c2ccccn2)nc1C. The van der Waals surface area contributed by atoms with Crippen molar-refractivity contribution in [1.29, 1.82) is 0 Å². The third-order valence-corrected chi connectivity index (χ3v) is 5.04. The smallest absolute Gasteiger partial charge is 0.351 e. The van der Waals surface area contributed by atoms with Gasteiger partial charge in [-0.1, -0.05) is 18.2 Å². The number of nitrogens with zero attached hydrogens (tertiary/aromatic N) is 2. The van der Waals surface area contributed by atoms with Gasteiger partial charge in [0.15, 0.2) is 6.10 Å². The molecule has 0 radical (unpaired) electrons. The molecule has 0 fully saturated rings. The van der Waals surface area contributed by atoms with E-state index in [4.69, 9.17) is 9.47 Å². The summed E-state index contributed by atoms with van der Waals surface area (Å²) < 4.78 is 10.5. The summed E-state index contributed by atoms with van der Waals surface area (Å²) in [5, 5.41) is 3.32. The molecule has 0 saturated carbocycles. The predicted molar refractivity (Wildman–Crippen MR) is 107 cm³/mol. The number of anilines is 1. The van der Waals surface area contributed by atoms with Crippen LogP contribution in [0.15, 0.2) is 48.7 Å². The summed E-state index contributed by atoms with van der Waals surface area (Å²) in [5.74, 6) is -0.530. The summed E-state index contributed by atoms with van der Waals surface area (Å²) in [5.41, 5.74) is 1.72. The number of pyridine rings is 1. The lowest BCUT2D eigenvalue weighted by Gasteiger charge is -2.14. The number of para-hydroxylation sites is 2. The lowest BCUT2D eigenvalue weighted by Crippen LogP contribution is -2.30. The number of esters is 1. The topological polar surface area (TPSA) is 90.4 Å². The Bertz CT molecular complexity index is 988. The maximum Gasteiger partial charge on any atom is 0.351 e. The van der Waals surface area contributed by atoms with Gasteiger partial charge in [-0.2, -0.15) is 0 Å². The Kier molecular flexibility index (Phi) is 6.00. The fourth-order valence-corrected chi connectivity index (χ4v) is 3.36. The van der Waals surface area contributed by atoms with Crippen molar-refractivity contribution < 1.29 is 19.1 Å². The van der Waals surface area contributed by atoms with Crippen molar-refractivity contribution in [3.8, 4) is 16.5 Å². The lowest BCUT2D eigenvalue weighted by atomic mass is 10.2. The molecular formula is C20H19N3O4S. The maximum absolute atomic E-state index is 12.5. The number of ether oxygens (including phenoxy) is 2. The quantitative estimate of drug-likeness (QED) is 0.638. The van der Waals surface area contributed by atoms with Crippen molar-refractivity contribution in [2.45, 2.75) is 20.0 Å². The number of benzene rings is 1. The molecule has 1 N–H and O–H groups in total. The van der Waals surface area contributed by atoms with Crippen LogP contribution in [0, 0.1) is 6.92 Å². The van der Waals surface area contributed by atoms with E-state index in [0.717, 1.165) is 0 Å². The Morgan fingerprint density at radius 2 is 1.89 bits per heavy atom. The number of hydrogen-bond donors (Lipinski definition) is 1. The molecule has 8 heteroatoms. The first-order valence-electron chi connectivity index (χ1n) is 8.53. The zero-order valence-corrected chi connectivity index (χ0v) is 16.4. The fraction of sp³-hybridized carbons (Fsp3) is 0.200. The van der Waals surface area contributed by atoms with E-state index in [1.165, 1.54) is 25.4 Å². The summed E-state index contributed by atoms with van der Waals surface area (Å²) >= 11 is 1.18. The van der Waals surface area contributed by atoms with Gasteiger partial charge < -0.3 is 14.8 Å². The number of thiazole rings is 1. The summed E-state index contributed by atoms with van der Waals surface area (Å²) in [4.78, 5) is 33.9. The van der Waals surface area contributed by atoms with Crippen LogP contribution in [0.4, 0.5) is 5.69 Å². The molecule has 0 spiro atoms. The van der Waals surface area contributed by atoms with Gasteiger partial charge in [0.05, 0.1) is 24.2 Å². The summed E-state index contributed by atoms with van der Waals surface area (Å²) in [6.07, 6.45) is 0.672. The summed E-state index contributed by atoms with van der Waals surface area (Å²) in [6, 6.07) is 12.5. The number of carbonyl (C=O) groups excluding carboxylic acids is 2. The second-order valence-electron chi connectivity index (χ2n) is 5.89. The molecule has 144 valence electrons. The van der Waals surface area contributed by atoms with Gasteiger partial charge in [-0.3, -0.25) is 9.78 Å². The van der Waals surface area contributed by atoms with Crippen LogP contribution in [0.25, 0.3) is 10.7 Å². The Morgan fingerprint density at radius 3 is 2.61 bits per heavy atom. The maximum atomic E-state index is 12.5. The second-order valence-corrected chi connectivity index (χ2v) is 6.88. The molecule has 0 saturated heterocycles. The molecule has 3 rings (SSSR count). The van der Waals surface area contributed by atoms with E-state index >= 15 is 0 Å². The number of amides is 1. The van der Waals surface area contributed by atoms with Crippen molar-refractivity contribution in [3.05, 3.63) is 59.2 Å². The highest BCUT2D eigenvalue weighted by Crippen LogP contribution is 2.27. The number of hydrogen-bond acceptors (Lipinski definition) is 7. The van der Waals surface area contributed by atoms with Gasteiger partial charge in [0.2, 0.25) is 0 Å². The number of aromatic nitrogens is 2. The monoisotopic (exact) mass is 397 g/mol. The normalized spacial score (nSPS) is 11.5. The molecule has 2 aromatic heterocycles. The minimum Gasteiger partial charge on any atom is -0.495 e. The van der Waals surface area contributed by atoms with E-state index in [1.54, 1.807) is 43.5 Å². The fourth-order valence-electron chi connectivity index (χ4n) is 2.43. The van der Waals surface area contributed by atoms with Gasteiger partial charge in [-0.15, -0.1) is 11.3 Å². The van der Waals surface area contributed by atoms with Crippen LogP contribution in [-0.2, 0) is 9.53 Å². The van der Waals surface area contributed by atoms with Gasteiger partial charge in [0.25, 0.3) is 5.91 Å². The number of nitrogens with one attached hydrogen (secondary N) is 1. The van der Waals surface area contributed by atoms with Crippen LogP contribution >= 0.6 is 11.3 Å². The average molecular weight is 397 g/mol. The van der Waals surface area contributed by atoms with Crippen molar-refractivity contribution in [2.24, 2.45) is 0 Å². The Labute approximate surface area is 166 Å². The zero-order valence-electron chi connectivity index (χ0n) is 15.6. The second kappa shape index (κ2) is 8.62. The van der Waals surface area contributed by atoms with E-state index in [0.29, 0.717) is 32.7 Å². The molecule has 28 heavy (non-hydrogen) atoms. The van der Waals surface area contributed by atoms with E-state index in [9.17, 15) is 9.59 Å². The van der Waals surface area contributed by atoms with Crippen molar-refractivity contribution in [2.75, 3.05) is 12.4 Å². The molecule has 1 aromatic carbocycles. The van der Waals surface area contributed by atoms with E-state index in [-0.39, 0.29) is 0 Å². The van der Waals surface area contributed by atoms with Gasteiger partial charge in [-0.05, 0) is 38.1 Å². The first-order chi connectivity index (χ1) is 13.5. The Balaban J connectivity index is 1.69. The summed E-state index contributed by atoms with van der Waals surface area (Å²) in [6.45, 7) is 3.23. The summed E-state index contributed by atoms with van der Waals surface area (Å²) in [7, 11) is 1.51. The van der Waals surface area contributed by atoms with Crippen LogP contribution in [0.3, 0.4) is 0 Å². The minimum atomic E-state index is -0.989. The third-order valence-electron chi connectivity index (χ3n) is 3.88. The van der Waals surface area contributed by atoms with Crippen LogP contribution < -0.4 is 10.1 Å².